The molecule has 2 aliphatic rings. The van der Waals surface area contributed by atoms with E-state index in [1.54, 1.807) is 6.07 Å². The van der Waals surface area contributed by atoms with Crippen molar-refractivity contribution >= 4 is 5.82 Å². The second kappa shape index (κ2) is 4.34. The first-order valence-corrected chi connectivity index (χ1v) is 6.97. The lowest BCUT2D eigenvalue weighted by Crippen LogP contribution is -2.52. The lowest BCUT2D eigenvalue weighted by molar-refractivity contribution is -0.0751. The molecule has 2 fully saturated rings. The molecule has 5 heteroatoms. The number of anilines is 1. The summed E-state index contributed by atoms with van der Waals surface area (Å²) in [5.41, 5.74) is -0.259. The molecule has 2 heterocycles. The van der Waals surface area contributed by atoms with Crippen molar-refractivity contribution in [2.45, 2.75) is 51.2 Å². The van der Waals surface area contributed by atoms with E-state index in [4.69, 9.17) is 4.74 Å². The van der Waals surface area contributed by atoms with E-state index < -0.39 is 0 Å². The number of aromatic amines is 1. The minimum absolute atomic E-state index is 0.0520. The molecule has 0 amide bonds. The van der Waals surface area contributed by atoms with Crippen molar-refractivity contribution in [3.05, 3.63) is 22.2 Å². The van der Waals surface area contributed by atoms with Gasteiger partial charge in [-0.3, -0.25) is 4.79 Å². The average Bonchev–Trinajstić information content (AvgIpc) is 3.08. The fraction of sp³-hybridized carbons (Fsp3) is 0.714. The Kier molecular flexibility index (Phi) is 2.89. The van der Waals surface area contributed by atoms with Gasteiger partial charge in [-0.05, 0) is 33.6 Å². The van der Waals surface area contributed by atoms with Crippen LogP contribution in [-0.4, -0.2) is 34.8 Å². The molecule has 1 saturated carbocycles. The smallest absolute Gasteiger partial charge is 0.252 e. The lowest BCUT2D eigenvalue weighted by atomic mass is 10.1. The molecule has 1 N–H and O–H groups in total. The first-order valence-electron chi connectivity index (χ1n) is 6.97. The van der Waals surface area contributed by atoms with Crippen LogP contribution in [-0.2, 0) is 4.74 Å². The third kappa shape index (κ3) is 2.81. The zero-order valence-corrected chi connectivity index (χ0v) is 11.8. The maximum atomic E-state index is 11.8. The number of ether oxygens (including phenoxy) is 1. The Balaban J connectivity index is 1.90. The van der Waals surface area contributed by atoms with E-state index >= 15 is 0 Å². The molecular formula is C14H21N3O2. The van der Waals surface area contributed by atoms with Gasteiger partial charge in [0.2, 0.25) is 0 Å². The third-order valence-corrected chi connectivity index (χ3v) is 3.60. The van der Waals surface area contributed by atoms with Crippen molar-refractivity contribution < 1.29 is 4.74 Å². The van der Waals surface area contributed by atoms with Gasteiger partial charge in [0.15, 0.2) is 0 Å². The lowest BCUT2D eigenvalue weighted by Gasteiger charge is -2.42. The van der Waals surface area contributed by atoms with Crippen LogP contribution in [0.4, 0.5) is 5.82 Å². The quantitative estimate of drug-likeness (QED) is 0.881. The topological polar surface area (TPSA) is 58.2 Å². The number of morpholine rings is 1. The number of nitrogens with zero attached hydrogens (tertiary/aromatic N) is 2. The van der Waals surface area contributed by atoms with Crippen molar-refractivity contribution in [1.29, 1.82) is 0 Å². The summed E-state index contributed by atoms with van der Waals surface area (Å²) in [6.45, 7) is 7.75. The summed E-state index contributed by atoms with van der Waals surface area (Å²) in [7, 11) is 0. The Morgan fingerprint density at radius 1 is 1.47 bits per heavy atom. The molecule has 104 valence electrons. The van der Waals surface area contributed by atoms with Crippen molar-refractivity contribution in [2.75, 3.05) is 18.0 Å². The molecule has 0 spiro atoms. The fourth-order valence-electron chi connectivity index (χ4n) is 2.80. The Morgan fingerprint density at radius 3 is 2.84 bits per heavy atom. The molecule has 0 bridgehead atoms. The number of aromatic nitrogens is 2. The summed E-state index contributed by atoms with van der Waals surface area (Å²) in [6, 6.07) is 1.60. The monoisotopic (exact) mass is 263 g/mol. The molecule has 1 unspecified atom stereocenters. The van der Waals surface area contributed by atoms with Crippen molar-refractivity contribution in [3.8, 4) is 0 Å². The molecule has 1 aromatic heterocycles. The van der Waals surface area contributed by atoms with Gasteiger partial charge < -0.3 is 14.6 Å². The van der Waals surface area contributed by atoms with Crippen LogP contribution in [0.2, 0.25) is 0 Å². The summed E-state index contributed by atoms with van der Waals surface area (Å²) >= 11 is 0. The maximum Gasteiger partial charge on any atom is 0.252 e. The molecule has 19 heavy (non-hydrogen) atoms. The zero-order chi connectivity index (χ0) is 13.6. The fourth-order valence-corrected chi connectivity index (χ4v) is 2.80. The summed E-state index contributed by atoms with van der Waals surface area (Å²) < 4.78 is 5.89. The SMILES string of the molecule is CC1CN(c2cc(=O)[nH]c(C3CC3)n2)CC(C)(C)O1. The van der Waals surface area contributed by atoms with Crippen LogP contribution in [0.15, 0.2) is 10.9 Å². The van der Waals surface area contributed by atoms with Crippen LogP contribution < -0.4 is 10.5 Å². The van der Waals surface area contributed by atoms with Gasteiger partial charge in [0.1, 0.15) is 11.6 Å². The van der Waals surface area contributed by atoms with Crippen LogP contribution in [0.3, 0.4) is 0 Å². The molecule has 0 radical (unpaired) electrons. The van der Waals surface area contributed by atoms with Gasteiger partial charge in [-0.1, -0.05) is 0 Å². The van der Waals surface area contributed by atoms with Crippen molar-refractivity contribution in [3.63, 3.8) is 0 Å². The van der Waals surface area contributed by atoms with Gasteiger partial charge in [0, 0.05) is 25.1 Å². The predicted molar refractivity (Wildman–Crippen MR) is 73.7 cm³/mol. The van der Waals surface area contributed by atoms with Crippen molar-refractivity contribution in [1.82, 2.24) is 9.97 Å². The number of hydrogen-bond donors (Lipinski definition) is 1. The highest BCUT2D eigenvalue weighted by Crippen LogP contribution is 2.38. The number of hydrogen-bond acceptors (Lipinski definition) is 4. The van der Waals surface area contributed by atoms with Crippen LogP contribution in [0.25, 0.3) is 0 Å². The van der Waals surface area contributed by atoms with E-state index in [9.17, 15) is 4.79 Å². The Morgan fingerprint density at radius 2 is 2.21 bits per heavy atom. The van der Waals surface area contributed by atoms with E-state index in [1.165, 1.54) is 0 Å². The number of rotatable bonds is 2. The molecule has 1 saturated heterocycles. The van der Waals surface area contributed by atoms with Gasteiger partial charge in [0.05, 0.1) is 11.7 Å². The Hall–Kier alpha value is -1.36. The first-order chi connectivity index (χ1) is 8.93. The highest BCUT2D eigenvalue weighted by molar-refractivity contribution is 5.39. The highest BCUT2D eigenvalue weighted by Gasteiger charge is 2.33. The van der Waals surface area contributed by atoms with Gasteiger partial charge in [-0.15, -0.1) is 0 Å². The molecule has 0 aromatic carbocycles. The van der Waals surface area contributed by atoms with Gasteiger partial charge >= 0.3 is 0 Å². The number of nitrogens with one attached hydrogen (secondary N) is 1. The molecular weight excluding hydrogens is 242 g/mol. The number of H-pyrrole nitrogens is 1. The van der Waals surface area contributed by atoms with Crippen LogP contribution in [0.5, 0.6) is 0 Å². The normalized spacial score (nSPS) is 26.5. The van der Waals surface area contributed by atoms with E-state index in [2.05, 4.69) is 35.6 Å². The predicted octanol–water partition coefficient (Wildman–Crippen LogP) is 1.65. The van der Waals surface area contributed by atoms with E-state index in [-0.39, 0.29) is 17.3 Å². The summed E-state index contributed by atoms with van der Waals surface area (Å²) in [5.74, 6) is 2.09. The van der Waals surface area contributed by atoms with Crippen LogP contribution >= 0.6 is 0 Å². The molecule has 3 rings (SSSR count). The van der Waals surface area contributed by atoms with Crippen LogP contribution in [0, 0.1) is 0 Å². The second-order valence-electron chi connectivity index (χ2n) is 6.33. The minimum atomic E-state index is -0.207. The maximum absolute atomic E-state index is 11.8. The van der Waals surface area contributed by atoms with Gasteiger partial charge in [-0.25, -0.2) is 4.98 Å². The average molecular weight is 263 g/mol. The third-order valence-electron chi connectivity index (χ3n) is 3.60. The molecule has 1 aliphatic carbocycles. The Bertz CT molecular complexity index is 534. The van der Waals surface area contributed by atoms with E-state index in [1.807, 2.05) is 0 Å². The standard InChI is InChI=1S/C14H21N3O2/c1-9-7-17(8-14(2,3)19-9)11-6-12(18)16-13(15-11)10-4-5-10/h6,9-10H,4-5,7-8H2,1-3H3,(H,15,16,18). The molecule has 1 atom stereocenters. The van der Waals surface area contributed by atoms with E-state index in [0.717, 1.165) is 37.6 Å². The summed E-state index contributed by atoms with van der Waals surface area (Å²) in [6.07, 6.45) is 2.42. The zero-order valence-electron chi connectivity index (χ0n) is 11.8. The second-order valence-corrected chi connectivity index (χ2v) is 6.33. The highest BCUT2D eigenvalue weighted by atomic mass is 16.5. The van der Waals surface area contributed by atoms with Gasteiger partial charge in [0.25, 0.3) is 5.56 Å². The van der Waals surface area contributed by atoms with Crippen LogP contribution in [0.1, 0.15) is 45.4 Å². The summed E-state index contributed by atoms with van der Waals surface area (Å²) in [5, 5.41) is 0. The molecule has 1 aliphatic heterocycles. The first kappa shape index (κ1) is 12.7. The summed E-state index contributed by atoms with van der Waals surface area (Å²) in [4.78, 5) is 21.4. The Labute approximate surface area is 113 Å². The molecule has 1 aromatic rings. The van der Waals surface area contributed by atoms with Gasteiger partial charge in [-0.2, -0.15) is 0 Å². The van der Waals surface area contributed by atoms with E-state index in [0.29, 0.717) is 5.92 Å². The molecule has 5 nitrogen and oxygen atoms in total. The van der Waals surface area contributed by atoms with Crippen molar-refractivity contribution in [2.24, 2.45) is 0 Å². The largest absolute Gasteiger partial charge is 0.369 e. The minimum Gasteiger partial charge on any atom is -0.369 e.